The highest BCUT2D eigenvalue weighted by Gasteiger charge is 2.29. The normalized spacial score (nSPS) is 23.5. The van der Waals surface area contributed by atoms with Gasteiger partial charge in [0.15, 0.2) is 0 Å². The summed E-state index contributed by atoms with van der Waals surface area (Å²) < 4.78 is 6.38. The van der Waals surface area contributed by atoms with Crippen molar-refractivity contribution in [2.24, 2.45) is 5.92 Å². The van der Waals surface area contributed by atoms with Gasteiger partial charge in [0.25, 0.3) is 5.91 Å². The van der Waals surface area contributed by atoms with Crippen molar-refractivity contribution in [3.8, 4) is 0 Å². The Kier molecular flexibility index (Phi) is 5.09. The van der Waals surface area contributed by atoms with Crippen molar-refractivity contribution in [3.05, 3.63) is 32.4 Å². The first kappa shape index (κ1) is 15.1. The summed E-state index contributed by atoms with van der Waals surface area (Å²) in [5, 5.41) is 0.595. The van der Waals surface area contributed by atoms with E-state index in [1.54, 1.807) is 19.2 Å². The first-order valence-electron chi connectivity index (χ1n) is 6.30. The van der Waals surface area contributed by atoms with E-state index in [2.05, 4.69) is 29.5 Å². The zero-order chi connectivity index (χ0) is 14.0. The van der Waals surface area contributed by atoms with Gasteiger partial charge in [0.1, 0.15) is 0 Å². The van der Waals surface area contributed by atoms with Crippen molar-refractivity contribution < 1.29 is 9.53 Å². The molecule has 3 nitrogen and oxygen atoms in total. The van der Waals surface area contributed by atoms with Crippen molar-refractivity contribution in [1.29, 1.82) is 0 Å². The van der Waals surface area contributed by atoms with Crippen LogP contribution in [0, 0.1) is 9.49 Å². The number of hydrogen-bond donors (Lipinski definition) is 0. The van der Waals surface area contributed by atoms with E-state index in [0.717, 1.165) is 16.5 Å². The molecule has 5 heteroatoms. The number of halogens is 2. The maximum atomic E-state index is 12.5. The third kappa shape index (κ3) is 3.41. The second-order valence-corrected chi connectivity index (χ2v) is 6.51. The van der Waals surface area contributed by atoms with Crippen molar-refractivity contribution in [2.45, 2.75) is 19.4 Å². The van der Waals surface area contributed by atoms with E-state index in [1.165, 1.54) is 0 Å². The van der Waals surface area contributed by atoms with Crippen LogP contribution in [0.15, 0.2) is 18.2 Å². The third-order valence-corrected chi connectivity index (χ3v) is 4.81. The minimum atomic E-state index is 0.0425. The molecule has 0 aliphatic carbocycles. The first-order valence-corrected chi connectivity index (χ1v) is 7.75. The van der Waals surface area contributed by atoms with E-state index >= 15 is 0 Å². The molecule has 1 aliphatic rings. The van der Waals surface area contributed by atoms with Gasteiger partial charge >= 0.3 is 0 Å². The van der Waals surface area contributed by atoms with Crippen molar-refractivity contribution in [3.63, 3.8) is 0 Å². The molecule has 19 heavy (non-hydrogen) atoms. The number of ether oxygens (including phenoxy) is 1. The van der Waals surface area contributed by atoms with Gasteiger partial charge in [-0.3, -0.25) is 4.79 Å². The molecule has 0 saturated carbocycles. The van der Waals surface area contributed by atoms with E-state index in [1.807, 2.05) is 11.0 Å². The molecule has 0 bridgehead atoms. The number of benzene rings is 1. The molecule has 0 aromatic heterocycles. The van der Waals surface area contributed by atoms with Gasteiger partial charge in [0.2, 0.25) is 0 Å². The summed E-state index contributed by atoms with van der Waals surface area (Å²) in [4.78, 5) is 14.4. The highest BCUT2D eigenvalue weighted by atomic mass is 127. The summed E-state index contributed by atoms with van der Waals surface area (Å²) in [7, 11) is 1.71. The fourth-order valence-corrected chi connectivity index (χ4v) is 3.10. The topological polar surface area (TPSA) is 29.5 Å². The molecule has 1 heterocycles. The van der Waals surface area contributed by atoms with Crippen LogP contribution in [0.25, 0.3) is 0 Å². The molecule has 1 saturated heterocycles. The van der Waals surface area contributed by atoms with Crippen LogP contribution < -0.4 is 0 Å². The lowest BCUT2D eigenvalue weighted by atomic mass is 9.95. The Morgan fingerprint density at radius 1 is 1.53 bits per heavy atom. The van der Waals surface area contributed by atoms with Crippen LogP contribution in [0.5, 0.6) is 0 Å². The lowest BCUT2D eigenvalue weighted by Gasteiger charge is -2.36. The van der Waals surface area contributed by atoms with Gasteiger partial charge in [-0.1, -0.05) is 18.5 Å². The maximum absolute atomic E-state index is 12.5. The van der Waals surface area contributed by atoms with Crippen LogP contribution in [0.3, 0.4) is 0 Å². The van der Waals surface area contributed by atoms with Gasteiger partial charge < -0.3 is 9.64 Å². The summed E-state index contributed by atoms with van der Waals surface area (Å²) in [5.74, 6) is 0.535. The molecule has 0 radical (unpaired) electrons. The van der Waals surface area contributed by atoms with Gasteiger partial charge in [-0.15, -0.1) is 0 Å². The van der Waals surface area contributed by atoms with E-state index in [-0.39, 0.29) is 12.0 Å². The average molecular weight is 394 g/mol. The molecule has 1 aromatic rings. The average Bonchev–Trinajstić information content (AvgIpc) is 2.41. The molecular formula is C14H17ClINO2. The number of piperidine rings is 1. The maximum Gasteiger partial charge on any atom is 0.255 e. The smallest absolute Gasteiger partial charge is 0.255 e. The molecule has 104 valence electrons. The molecule has 1 aromatic carbocycles. The number of hydrogen-bond acceptors (Lipinski definition) is 2. The summed E-state index contributed by atoms with van der Waals surface area (Å²) >= 11 is 8.15. The van der Waals surface area contributed by atoms with Crippen LogP contribution in [0.4, 0.5) is 0 Å². The Hall–Kier alpha value is -0.330. The fourth-order valence-electron chi connectivity index (χ4n) is 2.36. The molecule has 1 fully saturated rings. The quantitative estimate of drug-likeness (QED) is 0.721. The second kappa shape index (κ2) is 6.41. The van der Waals surface area contributed by atoms with Crippen molar-refractivity contribution >= 4 is 40.1 Å². The number of nitrogens with zero attached hydrogens (tertiary/aromatic N) is 1. The molecular weight excluding hydrogens is 377 g/mol. The number of carbonyl (C=O) groups excluding carboxylic acids is 1. The minimum Gasteiger partial charge on any atom is -0.379 e. The first-order chi connectivity index (χ1) is 9.02. The molecule has 0 spiro atoms. The molecule has 0 N–H and O–H groups in total. The Labute approximate surface area is 132 Å². The van der Waals surface area contributed by atoms with Crippen LogP contribution in [0.1, 0.15) is 23.7 Å². The molecule has 1 amide bonds. The van der Waals surface area contributed by atoms with E-state index in [4.69, 9.17) is 16.3 Å². The van der Waals surface area contributed by atoms with E-state index in [9.17, 15) is 4.79 Å². The highest BCUT2D eigenvalue weighted by molar-refractivity contribution is 14.1. The summed E-state index contributed by atoms with van der Waals surface area (Å²) in [6, 6.07) is 5.42. The largest absolute Gasteiger partial charge is 0.379 e. The summed E-state index contributed by atoms with van der Waals surface area (Å²) in [5.41, 5.74) is 0.678. The van der Waals surface area contributed by atoms with Crippen LogP contribution in [0.2, 0.25) is 5.02 Å². The zero-order valence-corrected chi connectivity index (χ0v) is 13.9. The van der Waals surface area contributed by atoms with Crippen LogP contribution >= 0.6 is 34.2 Å². The van der Waals surface area contributed by atoms with Gasteiger partial charge in [0.05, 0.1) is 11.7 Å². The van der Waals surface area contributed by atoms with Gasteiger partial charge in [0, 0.05) is 28.8 Å². The molecule has 2 unspecified atom stereocenters. The number of methoxy groups -OCH3 is 1. The van der Waals surface area contributed by atoms with Gasteiger partial charge in [-0.25, -0.2) is 0 Å². The molecule has 2 rings (SSSR count). The van der Waals surface area contributed by atoms with Crippen LogP contribution in [-0.4, -0.2) is 37.1 Å². The Morgan fingerprint density at radius 2 is 2.26 bits per heavy atom. The second-order valence-electron chi connectivity index (χ2n) is 4.92. The van der Waals surface area contributed by atoms with Gasteiger partial charge in [-0.05, 0) is 53.1 Å². The predicted octanol–water partition coefficient (Wildman–Crippen LogP) is 3.44. The van der Waals surface area contributed by atoms with Crippen LogP contribution in [-0.2, 0) is 4.74 Å². The SMILES string of the molecule is COC1CN(C(=O)c2cc(Cl)ccc2I)CCC1C. The van der Waals surface area contributed by atoms with E-state index in [0.29, 0.717) is 23.0 Å². The minimum absolute atomic E-state index is 0.0425. The number of carbonyl (C=O) groups is 1. The Balaban J connectivity index is 2.18. The standard InChI is InChI=1S/C14H17ClINO2/c1-9-5-6-17(8-13(9)19-2)14(18)11-7-10(15)3-4-12(11)16/h3-4,7,9,13H,5-6,8H2,1-2H3. The van der Waals surface area contributed by atoms with Crippen molar-refractivity contribution in [1.82, 2.24) is 4.90 Å². The van der Waals surface area contributed by atoms with Gasteiger partial charge in [-0.2, -0.15) is 0 Å². The fraction of sp³-hybridized carbons (Fsp3) is 0.500. The lowest BCUT2D eigenvalue weighted by molar-refractivity contribution is -0.00160. The third-order valence-electron chi connectivity index (χ3n) is 3.64. The Morgan fingerprint density at radius 3 is 2.95 bits per heavy atom. The monoisotopic (exact) mass is 393 g/mol. The molecule has 1 aliphatic heterocycles. The summed E-state index contributed by atoms with van der Waals surface area (Å²) in [6.07, 6.45) is 1.09. The number of amides is 1. The van der Waals surface area contributed by atoms with Crippen molar-refractivity contribution in [2.75, 3.05) is 20.2 Å². The predicted molar refractivity (Wildman–Crippen MR) is 84.7 cm³/mol. The number of rotatable bonds is 2. The number of likely N-dealkylation sites (tertiary alicyclic amines) is 1. The highest BCUT2D eigenvalue weighted by Crippen LogP contribution is 2.24. The van der Waals surface area contributed by atoms with E-state index < -0.39 is 0 Å². The Bertz CT molecular complexity index is 481. The summed E-state index contributed by atoms with van der Waals surface area (Å²) in [6.45, 7) is 3.60. The lowest BCUT2D eigenvalue weighted by Crippen LogP contribution is -2.46. The zero-order valence-electron chi connectivity index (χ0n) is 11.0. The molecule has 2 atom stereocenters.